The van der Waals surface area contributed by atoms with Gasteiger partial charge in [0.05, 0.1) is 0 Å². The molecule has 0 aromatic rings. The fourth-order valence-corrected chi connectivity index (χ4v) is 4.83. The van der Waals surface area contributed by atoms with Gasteiger partial charge in [-0.15, -0.1) is 0 Å². The van der Waals surface area contributed by atoms with Gasteiger partial charge in [0, 0.05) is 31.9 Å². The number of hydrogen-bond acceptors (Lipinski definition) is 5. The second-order valence-electron chi connectivity index (χ2n) is 10.9. The second-order valence-corrected chi connectivity index (χ2v) is 10.9. The van der Waals surface area contributed by atoms with E-state index in [1.165, 1.54) is 116 Å². The van der Waals surface area contributed by atoms with Crippen molar-refractivity contribution in [2.45, 2.75) is 143 Å². The predicted octanol–water partition coefficient (Wildman–Crippen LogP) is 9.33. The van der Waals surface area contributed by atoms with Crippen LogP contribution >= 0.6 is 0 Å². The molecule has 0 aliphatic heterocycles. The second kappa shape index (κ2) is 30.9. The standard InChI is InChI=1S/C34H65N3O2/c1-5-8-10-12-14-15-20-24-33-39-34(38)26-21-17-16-19-23-29-37(28-22-18-13-11-9-6-2)31-25-30-36(7-3)32-27-35-4/h20,24,27,32H,4-19,21-23,25-26,28-31,33H2,1-3H3/b24-20-,32-27-. The summed E-state index contributed by atoms with van der Waals surface area (Å²) < 4.78 is 5.35. The van der Waals surface area contributed by atoms with Gasteiger partial charge in [0.1, 0.15) is 6.61 Å². The molecule has 0 saturated carbocycles. The molecule has 0 radical (unpaired) electrons. The SMILES string of the molecule is C=N/C=C\N(CC)CCCN(CCCCCCCC)CCCCCCCC(=O)OC/C=C\CCCCCCC. The van der Waals surface area contributed by atoms with Gasteiger partial charge in [0.15, 0.2) is 0 Å². The molecule has 0 saturated heterocycles. The number of hydrogen-bond donors (Lipinski definition) is 0. The maximum atomic E-state index is 12.0. The van der Waals surface area contributed by atoms with Crippen LogP contribution in [0.3, 0.4) is 0 Å². The molecule has 5 nitrogen and oxygen atoms in total. The van der Waals surface area contributed by atoms with Crippen molar-refractivity contribution in [2.75, 3.05) is 39.3 Å². The van der Waals surface area contributed by atoms with E-state index in [0.29, 0.717) is 13.0 Å². The van der Waals surface area contributed by atoms with E-state index >= 15 is 0 Å². The summed E-state index contributed by atoms with van der Waals surface area (Å²) in [4.78, 5) is 20.8. The van der Waals surface area contributed by atoms with Crippen molar-refractivity contribution in [3.05, 3.63) is 24.6 Å². The Bertz CT molecular complexity index is 591. The third kappa shape index (κ3) is 27.7. The number of aliphatic imine (C=N–C) groups is 1. The van der Waals surface area contributed by atoms with Gasteiger partial charge in [-0.25, -0.2) is 0 Å². The highest BCUT2D eigenvalue weighted by Gasteiger charge is 2.07. The van der Waals surface area contributed by atoms with E-state index in [1.807, 2.05) is 12.3 Å². The van der Waals surface area contributed by atoms with E-state index in [1.54, 1.807) is 6.20 Å². The average Bonchev–Trinajstić information content (AvgIpc) is 2.94. The summed E-state index contributed by atoms with van der Waals surface area (Å²) in [6.07, 6.45) is 31.2. The van der Waals surface area contributed by atoms with Crippen LogP contribution in [-0.4, -0.2) is 61.8 Å². The molecule has 5 heteroatoms. The van der Waals surface area contributed by atoms with Crippen LogP contribution in [0.4, 0.5) is 0 Å². The Balaban J connectivity index is 4.00. The molecule has 0 amide bonds. The molecule has 0 unspecified atom stereocenters. The van der Waals surface area contributed by atoms with E-state index in [2.05, 4.69) is 48.4 Å². The van der Waals surface area contributed by atoms with Gasteiger partial charge in [0.25, 0.3) is 0 Å². The minimum Gasteiger partial charge on any atom is -0.461 e. The number of unbranched alkanes of at least 4 members (excludes halogenated alkanes) is 14. The number of carbonyl (C=O) groups excluding carboxylic acids is 1. The highest BCUT2D eigenvalue weighted by molar-refractivity contribution is 5.69. The van der Waals surface area contributed by atoms with Crippen molar-refractivity contribution < 1.29 is 9.53 Å². The molecule has 0 aromatic carbocycles. The largest absolute Gasteiger partial charge is 0.461 e. The molecule has 0 fully saturated rings. The Morgan fingerprint density at radius 2 is 1.26 bits per heavy atom. The molecule has 0 aliphatic carbocycles. The zero-order chi connectivity index (χ0) is 28.7. The first-order chi connectivity index (χ1) is 19.2. The molecule has 0 rings (SSSR count). The first-order valence-electron chi connectivity index (χ1n) is 16.6. The van der Waals surface area contributed by atoms with Gasteiger partial charge < -0.3 is 14.5 Å². The summed E-state index contributed by atoms with van der Waals surface area (Å²) in [5, 5.41) is 0. The summed E-state index contributed by atoms with van der Waals surface area (Å²) in [7, 11) is 0. The number of nitrogens with zero attached hydrogens (tertiary/aromatic N) is 3. The highest BCUT2D eigenvalue weighted by Crippen LogP contribution is 2.11. The molecule has 0 aliphatic rings. The van der Waals surface area contributed by atoms with Gasteiger partial charge in [-0.05, 0) is 71.8 Å². The van der Waals surface area contributed by atoms with E-state index in [9.17, 15) is 4.79 Å². The third-order valence-corrected chi connectivity index (χ3v) is 7.37. The fourth-order valence-electron chi connectivity index (χ4n) is 4.83. The van der Waals surface area contributed by atoms with Crippen molar-refractivity contribution >= 4 is 12.7 Å². The Morgan fingerprint density at radius 3 is 1.87 bits per heavy atom. The fraction of sp³-hybridized carbons (Fsp3) is 0.824. The monoisotopic (exact) mass is 548 g/mol. The molecule has 0 heterocycles. The summed E-state index contributed by atoms with van der Waals surface area (Å²) in [5.41, 5.74) is 0. The topological polar surface area (TPSA) is 45.1 Å². The van der Waals surface area contributed by atoms with Crippen LogP contribution in [0.2, 0.25) is 0 Å². The summed E-state index contributed by atoms with van der Waals surface area (Å²) in [6, 6.07) is 0. The average molecular weight is 548 g/mol. The van der Waals surface area contributed by atoms with E-state index in [-0.39, 0.29) is 5.97 Å². The number of esters is 1. The molecular formula is C34H65N3O2. The van der Waals surface area contributed by atoms with Gasteiger partial charge in [-0.3, -0.25) is 9.79 Å². The smallest absolute Gasteiger partial charge is 0.306 e. The van der Waals surface area contributed by atoms with Crippen LogP contribution in [-0.2, 0) is 9.53 Å². The quantitative estimate of drug-likeness (QED) is 0.0389. The predicted molar refractivity (Wildman–Crippen MR) is 172 cm³/mol. The lowest BCUT2D eigenvalue weighted by molar-refractivity contribution is -0.142. The first kappa shape index (κ1) is 37.4. The van der Waals surface area contributed by atoms with Crippen LogP contribution < -0.4 is 0 Å². The van der Waals surface area contributed by atoms with E-state index in [0.717, 1.165) is 32.4 Å². The van der Waals surface area contributed by atoms with Gasteiger partial charge in [-0.2, -0.15) is 0 Å². The van der Waals surface area contributed by atoms with Gasteiger partial charge in [-0.1, -0.05) is 103 Å². The van der Waals surface area contributed by atoms with E-state index in [4.69, 9.17) is 4.74 Å². The van der Waals surface area contributed by atoms with Crippen LogP contribution in [0.5, 0.6) is 0 Å². The number of carbonyl (C=O) groups is 1. The van der Waals surface area contributed by atoms with Crippen molar-refractivity contribution in [3.63, 3.8) is 0 Å². The molecule has 0 atom stereocenters. The zero-order valence-corrected chi connectivity index (χ0v) is 26.4. The molecule has 0 bridgehead atoms. The van der Waals surface area contributed by atoms with Crippen LogP contribution in [0, 0.1) is 0 Å². The Labute approximate surface area is 243 Å². The summed E-state index contributed by atoms with van der Waals surface area (Å²) in [5.74, 6) is -0.0486. The Kier molecular flexibility index (Phi) is 29.6. The molecular weight excluding hydrogens is 482 g/mol. The minimum absolute atomic E-state index is 0.0486. The molecule has 0 N–H and O–H groups in total. The molecule has 39 heavy (non-hydrogen) atoms. The maximum absolute atomic E-state index is 12.0. The van der Waals surface area contributed by atoms with Crippen molar-refractivity contribution in [1.29, 1.82) is 0 Å². The lowest BCUT2D eigenvalue weighted by Crippen LogP contribution is -2.30. The van der Waals surface area contributed by atoms with Crippen molar-refractivity contribution in [3.8, 4) is 0 Å². The zero-order valence-electron chi connectivity index (χ0n) is 26.4. The van der Waals surface area contributed by atoms with Crippen LogP contribution in [0.25, 0.3) is 0 Å². The Hall–Kier alpha value is -1.62. The molecule has 228 valence electrons. The normalized spacial score (nSPS) is 11.7. The third-order valence-electron chi connectivity index (χ3n) is 7.37. The summed E-state index contributed by atoms with van der Waals surface area (Å²) >= 11 is 0. The molecule has 0 spiro atoms. The molecule has 0 aromatic heterocycles. The van der Waals surface area contributed by atoms with Gasteiger partial charge >= 0.3 is 5.97 Å². The number of allylic oxidation sites excluding steroid dienone is 1. The van der Waals surface area contributed by atoms with Gasteiger partial charge in [0.2, 0.25) is 0 Å². The van der Waals surface area contributed by atoms with E-state index < -0.39 is 0 Å². The first-order valence-corrected chi connectivity index (χ1v) is 16.6. The highest BCUT2D eigenvalue weighted by atomic mass is 16.5. The lowest BCUT2D eigenvalue weighted by atomic mass is 10.1. The number of ether oxygens (including phenoxy) is 1. The Morgan fingerprint density at radius 1 is 0.692 bits per heavy atom. The maximum Gasteiger partial charge on any atom is 0.306 e. The van der Waals surface area contributed by atoms with Crippen molar-refractivity contribution in [1.82, 2.24) is 9.80 Å². The number of rotatable bonds is 30. The minimum atomic E-state index is -0.0486. The van der Waals surface area contributed by atoms with Crippen LogP contribution in [0.1, 0.15) is 143 Å². The lowest BCUT2D eigenvalue weighted by Gasteiger charge is -2.24. The van der Waals surface area contributed by atoms with Crippen LogP contribution in [0.15, 0.2) is 29.5 Å². The van der Waals surface area contributed by atoms with Crippen molar-refractivity contribution in [2.24, 2.45) is 4.99 Å². The summed E-state index contributed by atoms with van der Waals surface area (Å²) in [6.45, 7) is 16.3.